The first kappa shape index (κ1) is 19.1. The van der Waals surface area contributed by atoms with E-state index < -0.39 is 17.0 Å². The fourth-order valence-electron chi connectivity index (χ4n) is 2.72. The Morgan fingerprint density at radius 3 is 2.48 bits per heavy atom. The van der Waals surface area contributed by atoms with E-state index in [-0.39, 0.29) is 30.1 Å². The predicted molar refractivity (Wildman–Crippen MR) is 94.7 cm³/mol. The Kier molecular flexibility index (Phi) is 5.62. The van der Waals surface area contributed by atoms with Crippen LogP contribution in [0.5, 0.6) is 5.75 Å². The van der Waals surface area contributed by atoms with Crippen LogP contribution in [0.1, 0.15) is 11.1 Å². The summed E-state index contributed by atoms with van der Waals surface area (Å²) >= 11 is 1.32. The molecule has 5 nitrogen and oxygen atoms in total. The highest BCUT2D eigenvalue weighted by molar-refractivity contribution is 7.97. The molecular weight excluding hydrogens is 372 g/mol. The summed E-state index contributed by atoms with van der Waals surface area (Å²) in [5, 5.41) is 27.6. The molecule has 0 spiro atoms. The van der Waals surface area contributed by atoms with Crippen LogP contribution < -0.4 is 4.74 Å². The van der Waals surface area contributed by atoms with Gasteiger partial charge in [0.15, 0.2) is 0 Å². The Balaban J connectivity index is 1.59. The zero-order chi connectivity index (χ0) is 19.4. The molecule has 0 bridgehead atoms. The molecule has 3 rings (SSSR count). The second-order valence-electron chi connectivity index (χ2n) is 6.34. The van der Waals surface area contributed by atoms with E-state index in [1.54, 1.807) is 12.1 Å². The van der Waals surface area contributed by atoms with Crippen molar-refractivity contribution in [3.63, 3.8) is 0 Å². The van der Waals surface area contributed by atoms with Crippen molar-refractivity contribution in [2.45, 2.75) is 4.90 Å². The summed E-state index contributed by atoms with van der Waals surface area (Å²) < 4.78 is 34.4. The smallest absolute Gasteiger partial charge is 0.144 e. The number of ether oxygens (including phenoxy) is 1. The number of aliphatic hydroxyl groups is 1. The van der Waals surface area contributed by atoms with Crippen molar-refractivity contribution >= 4 is 11.9 Å². The van der Waals surface area contributed by atoms with Gasteiger partial charge in [0.05, 0.1) is 29.8 Å². The molecule has 0 radical (unpaired) electrons. The third-order valence-electron chi connectivity index (χ3n) is 4.25. The molecule has 8 heteroatoms. The van der Waals surface area contributed by atoms with Crippen LogP contribution in [0.25, 0.3) is 0 Å². The summed E-state index contributed by atoms with van der Waals surface area (Å²) in [5.41, 5.74) is -0.312. The maximum atomic E-state index is 13.6. The van der Waals surface area contributed by atoms with Gasteiger partial charge < -0.3 is 9.84 Å². The molecule has 0 aliphatic carbocycles. The van der Waals surface area contributed by atoms with E-state index in [2.05, 4.69) is 0 Å². The van der Waals surface area contributed by atoms with Crippen LogP contribution >= 0.6 is 11.9 Å². The summed E-state index contributed by atoms with van der Waals surface area (Å²) in [5.74, 6) is -0.831. The van der Waals surface area contributed by atoms with Gasteiger partial charge in [-0.3, -0.25) is 0 Å². The van der Waals surface area contributed by atoms with Crippen LogP contribution in [-0.2, 0) is 0 Å². The van der Waals surface area contributed by atoms with Crippen LogP contribution in [0.15, 0.2) is 41.3 Å². The average Bonchev–Trinajstić information content (AvgIpc) is 2.64. The lowest BCUT2D eigenvalue weighted by Gasteiger charge is -2.47. The third-order valence-corrected chi connectivity index (χ3v) is 5.32. The molecule has 1 saturated heterocycles. The molecule has 0 atom stereocenters. The van der Waals surface area contributed by atoms with E-state index in [1.807, 2.05) is 10.4 Å². The predicted octanol–water partition coefficient (Wildman–Crippen LogP) is 3.09. The zero-order valence-corrected chi connectivity index (χ0v) is 15.0. The summed E-state index contributed by atoms with van der Waals surface area (Å²) in [6, 6.07) is 11.7. The highest BCUT2D eigenvalue weighted by atomic mass is 32.2. The second kappa shape index (κ2) is 7.93. The Hall–Kier alpha value is -2.65. The second-order valence-corrected chi connectivity index (χ2v) is 7.48. The maximum Gasteiger partial charge on any atom is 0.144 e. The number of hydrogen-bond donors (Lipinski definition) is 1. The quantitative estimate of drug-likeness (QED) is 0.768. The molecule has 27 heavy (non-hydrogen) atoms. The van der Waals surface area contributed by atoms with E-state index in [0.717, 1.165) is 6.07 Å². The number of halogens is 2. The zero-order valence-electron chi connectivity index (χ0n) is 14.2. The lowest BCUT2D eigenvalue weighted by molar-refractivity contribution is -0.0227. The molecule has 138 valence electrons. The van der Waals surface area contributed by atoms with Crippen molar-refractivity contribution in [1.29, 1.82) is 10.5 Å². The number of rotatable bonds is 6. The van der Waals surface area contributed by atoms with Gasteiger partial charge in [-0.05, 0) is 42.3 Å². The lowest BCUT2D eigenvalue weighted by Crippen LogP contribution is -2.58. The first-order chi connectivity index (χ1) is 13.0. The fraction of sp³-hybridized carbons (Fsp3) is 0.263. The summed E-state index contributed by atoms with van der Waals surface area (Å²) in [4.78, 5) is 0.639. The molecule has 2 aromatic rings. The molecule has 0 unspecified atom stereocenters. The minimum Gasteiger partial charge on any atom is -0.493 e. The molecule has 1 fully saturated rings. The lowest BCUT2D eigenvalue weighted by atomic mass is 9.83. The van der Waals surface area contributed by atoms with Gasteiger partial charge in [0, 0.05) is 24.1 Å². The number of nitrogens with zero attached hydrogens (tertiary/aromatic N) is 3. The van der Waals surface area contributed by atoms with E-state index in [9.17, 15) is 13.9 Å². The van der Waals surface area contributed by atoms with Crippen molar-refractivity contribution < 1.29 is 18.6 Å². The van der Waals surface area contributed by atoms with Crippen molar-refractivity contribution in [3.8, 4) is 17.9 Å². The first-order valence-electron chi connectivity index (χ1n) is 8.04. The van der Waals surface area contributed by atoms with Gasteiger partial charge in [-0.2, -0.15) is 10.5 Å². The van der Waals surface area contributed by atoms with Crippen molar-refractivity contribution in [3.05, 3.63) is 59.2 Å². The molecule has 2 aromatic carbocycles. The molecule has 1 N–H and O–H groups in total. The highest BCUT2D eigenvalue weighted by Gasteiger charge is 2.44. The van der Waals surface area contributed by atoms with E-state index in [1.165, 1.54) is 36.2 Å². The standard InChI is InChI=1S/C19H15F2N3O2S/c20-15-2-4-18(14(5-15)8-23)27-24-9-19(10-24,11-25)12-26-16-3-1-13(7-22)17(21)6-16/h1-6,25H,9-12H2. The van der Waals surface area contributed by atoms with Gasteiger partial charge in [-0.15, -0.1) is 0 Å². The average molecular weight is 387 g/mol. The van der Waals surface area contributed by atoms with E-state index >= 15 is 0 Å². The maximum absolute atomic E-state index is 13.6. The van der Waals surface area contributed by atoms with Crippen LogP contribution in [0.2, 0.25) is 0 Å². The molecule has 1 aliphatic rings. The monoisotopic (exact) mass is 387 g/mol. The normalized spacial score (nSPS) is 15.4. The minimum absolute atomic E-state index is 0.0574. The third kappa shape index (κ3) is 4.20. The molecule has 0 saturated carbocycles. The van der Waals surface area contributed by atoms with Crippen molar-refractivity contribution in [2.75, 3.05) is 26.3 Å². The summed E-state index contributed by atoms with van der Waals surface area (Å²) in [7, 11) is 0. The molecule has 1 aliphatic heterocycles. The minimum atomic E-state index is -0.654. The van der Waals surface area contributed by atoms with Gasteiger partial charge in [0.25, 0.3) is 0 Å². The molecule has 1 heterocycles. The van der Waals surface area contributed by atoms with Crippen LogP contribution in [0.4, 0.5) is 8.78 Å². The Morgan fingerprint density at radius 2 is 1.85 bits per heavy atom. The Morgan fingerprint density at radius 1 is 1.11 bits per heavy atom. The van der Waals surface area contributed by atoms with Gasteiger partial charge >= 0.3 is 0 Å². The largest absolute Gasteiger partial charge is 0.493 e. The first-order valence-corrected chi connectivity index (χ1v) is 8.82. The summed E-state index contributed by atoms with van der Waals surface area (Å²) in [6.45, 7) is 1.06. The van der Waals surface area contributed by atoms with Crippen molar-refractivity contribution in [2.24, 2.45) is 5.41 Å². The molecule has 0 amide bonds. The van der Waals surface area contributed by atoms with Crippen molar-refractivity contribution in [1.82, 2.24) is 4.31 Å². The van der Waals surface area contributed by atoms with Crippen LogP contribution in [0.3, 0.4) is 0 Å². The Labute approximate surface area is 159 Å². The van der Waals surface area contributed by atoms with E-state index in [4.69, 9.17) is 15.3 Å². The SMILES string of the molecule is N#Cc1ccc(OCC2(CO)CN(Sc3ccc(F)cc3C#N)C2)cc1F. The number of nitriles is 2. The Bertz CT molecular complexity index is 934. The van der Waals surface area contributed by atoms with Gasteiger partial charge in [0.1, 0.15) is 29.5 Å². The summed E-state index contributed by atoms with van der Waals surface area (Å²) in [6.07, 6.45) is 0. The van der Waals surface area contributed by atoms with E-state index in [0.29, 0.717) is 18.0 Å². The highest BCUT2D eigenvalue weighted by Crippen LogP contribution is 2.39. The van der Waals surface area contributed by atoms with Gasteiger partial charge in [-0.1, -0.05) is 0 Å². The number of benzene rings is 2. The van der Waals surface area contributed by atoms with Gasteiger partial charge in [-0.25, -0.2) is 13.1 Å². The molecule has 0 aromatic heterocycles. The van der Waals surface area contributed by atoms with Crippen LogP contribution in [-0.4, -0.2) is 35.7 Å². The molecular formula is C19H15F2N3O2S. The van der Waals surface area contributed by atoms with Crippen LogP contribution in [0, 0.1) is 39.7 Å². The number of aliphatic hydroxyl groups excluding tert-OH is 1. The van der Waals surface area contributed by atoms with Gasteiger partial charge in [0.2, 0.25) is 0 Å². The topological polar surface area (TPSA) is 80.3 Å². The number of hydrogen-bond acceptors (Lipinski definition) is 6. The fourth-order valence-corrected chi connectivity index (χ4v) is 4.01.